The Morgan fingerprint density at radius 1 is 1.44 bits per heavy atom. The standard InChI is InChI=1S/C11H15N5/c1-3-12-11(9-6-4-5-7-13-9)10-8-14-15-16(10)2/h4-8,11-12H,3H2,1-2H3. The largest absolute Gasteiger partial charge is 0.304 e. The van der Waals surface area contributed by atoms with Crippen molar-refractivity contribution in [2.45, 2.75) is 13.0 Å². The van der Waals surface area contributed by atoms with Crippen molar-refractivity contribution in [1.29, 1.82) is 0 Å². The molecule has 0 saturated heterocycles. The molecule has 16 heavy (non-hydrogen) atoms. The van der Waals surface area contributed by atoms with Crippen molar-refractivity contribution in [2.75, 3.05) is 6.54 Å². The number of nitrogens with one attached hydrogen (secondary N) is 1. The minimum absolute atomic E-state index is 0.0474. The van der Waals surface area contributed by atoms with E-state index >= 15 is 0 Å². The van der Waals surface area contributed by atoms with Crippen LogP contribution in [0, 0.1) is 0 Å². The average molecular weight is 217 g/mol. The summed E-state index contributed by atoms with van der Waals surface area (Å²) in [5.41, 5.74) is 2.00. The summed E-state index contributed by atoms with van der Waals surface area (Å²) in [5.74, 6) is 0. The smallest absolute Gasteiger partial charge is 0.0938 e. The van der Waals surface area contributed by atoms with Crippen LogP contribution < -0.4 is 5.32 Å². The van der Waals surface area contributed by atoms with Crippen LogP contribution in [0.15, 0.2) is 30.6 Å². The fourth-order valence-electron chi connectivity index (χ4n) is 1.67. The van der Waals surface area contributed by atoms with E-state index in [1.807, 2.05) is 25.2 Å². The number of hydrogen-bond donors (Lipinski definition) is 1. The predicted molar refractivity (Wildman–Crippen MR) is 60.8 cm³/mol. The Morgan fingerprint density at radius 2 is 2.31 bits per heavy atom. The quantitative estimate of drug-likeness (QED) is 0.827. The maximum absolute atomic E-state index is 4.36. The highest BCUT2D eigenvalue weighted by molar-refractivity contribution is 5.19. The van der Waals surface area contributed by atoms with Crippen LogP contribution in [0.5, 0.6) is 0 Å². The second-order valence-corrected chi connectivity index (χ2v) is 3.53. The summed E-state index contributed by atoms with van der Waals surface area (Å²) < 4.78 is 1.77. The van der Waals surface area contributed by atoms with Crippen LogP contribution in [0.1, 0.15) is 24.4 Å². The molecule has 84 valence electrons. The highest BCUT2D eigenvalue weighted by Crippen LogP contribution is 2.17. The first-order valence-electron chi connectivity index (χ1n) is 5.31. The van der Waals surface area contributed by atoms with Crippen molar-refractivity contribution in [3.63, 3.8) is 0 Å². The molecule has 1 unspecified atom stereocenters. The first-order valence-corrected chi connectivity index (χ1v) is 5.31. The number of pyridine rings is 1. The fourth-order valence-corrected chi connectivity index (χ4v) is 1.67. The van der Waals surface area contributed by atoms with Gasteiger partial charge in [0.1, 0.15) is 0 Å². The van der Waals surface area contributed by atoms with Crippen LogP contribution in [-0.2, 0) is 7.05 Å². The SMILES string of the molecule is CCNC(c1ccccn1)c1cnnn1C. The van der Waals surface area contributed by atoms with Crippen molar-refractivity contribution < 1.29 is 0 Å². The third-order valence-electron chi connectivity index (χ3n) is 2.44. The van der Waals surface area contributed by atoms with Gasteiger partial charge in [0.05, 0.1) is 23.6 Å². The monoisotopic (exact) mass is 217 g/mol. The Hall–Kier alpha value is -1.75. The van der Waals surface area contributed by atoms with E-state index in [1.54, 1.807) is 17.1 Å². The van der Waals surface area contributed by atoms with Gasteiger partial charge in [0.2, 0.25) is 0 Å². The van der Waals surface area contributed by atoms with E-state index in [-0.39, 0.29) is 6.04 Å². The van der Waals surface area contributed by atoms with E-state index in [4.69, 9.17) is 0 Å². The first kappa shape index (κ1) is 10.8. The molecular formula is C11H15N5. The molecule has 0 radical (unpaired) electrons. The van der Waals surface area contributed by atoms with Gasteiger partial charge in [-0.25, -0.2) is 0 Å². The predicted octanol–water partition coefficient (Wildman–Crippen LogP) is 0.909. The van der Waals surface area contributed by atoms with E-state index < -0.39 is 0 Å². The maximum Gasteiger partial charge on any atom is 0.0938 e. The molecule has 5 heteroatoms. The zero-order valence-corrected chi connectivity index (χ0v) is 9.46. The van der Waals surface area contributed by atoms with Gasteiger partial charge in [-0.05, 0) is 18.7 Å². The van der Waals surface area contributed by atoms with Crippen molar-refractivity contribution >= 4 is 0 Å². The molecule has 1 atom stereocenters. The summed E-state index contributed by atoms with van der Waals surface area (Å²) in [4.78, 5) is 4.36. The number of rotatable bonds is 4. The van der Waals surface area contributed by atoms with Crippen molar-refractivity contribution in [3.8, 4) is 0 Å². The molecule has 1 N–H and O–H groups in total. The van der Waals surface area contributed by atoms with Gasteiger partial charge in [0, 0.05) is 13.2 Å². The molecule has 0 aliphatic carbocycles. The number of nitrogens with zero attached hydrogens (tertiary/aromatic N) is 4. The normalized spacial score (nSPS) is 12.6. The van der Waals surface area contributed by atoms with Gasteiger partial charge in [-0.15, -0.1) is 5.10 Å². The molecule has 0 saturated carbocycles. The molecular weight excluding hydrogens is 202 g/mol. The molecule has 0 bridgehead atoms. The van der Waals surface area contributed by atoms with Gasteiger partial charge in [-0.3, -0.25) is 9.67 Å². The Bertz CT molecular complexity index is 437. The van der Waals surface area contributed by atoms with Gasteiger partial charge >= 0.3 is 0 Å². The molecule has 0 aromatic carbocycles. The summed E-state index contributed by atoms with van der Waals surface area (Å²) in [6, 6.07) is 5.94. The van der Waals surface area contributed by atoms with Crippen LogP contribution in [0.2, 0.25) is 0 Å². The van der Waals surface area contributed by atoms with Crippen molar-refractivity contribution in [3.05, 3.63) is 42.0 Å². The first-order chi connectivity index (χ1) is 7.83. The molecule has 2 aromatic rings. The van der Waals surface area contributed by atoms with Gasteiger partial charge in [0.15, 0.2) is 0 Å². The minimum atomic E-state index is 0.0474. The highest BCUT2D eigenvalue weighted by Gasteiger charge is 2.17. The number of aryl methyl sites for hydroxylation is 1. The molecule has 2 heterocycles. The van der Waals surface area contributed by atoms with E-state index in [0.717, 1.165) is 17.9 Å². The highest BCUT2D eigenvalue weighted by atomic mass is 15.4. The van der Waals surface area contributed by atoms with Crippen molar-refractivity contribution in [2.24, 2.45) is 7.05 Å². The fraction of sp³-hybridized carbons (Fsp3) is 0.364. The lowest BCUT2D eigenvalue weighted by Gasteiger charge is -2.16. The van der Waals surface area contributed by atoms with E-state index in [9.17, 15) is 0 Å². The lowest BCUT2D eigenvalue weighted by Crippen LogP contribution is -2.25. The van der Waals surface area contributed by atoms with Gasteiger partial charge in [-0.1, -0.05) is 18.2 Å². The zero-order valence-electron chi connectivity index (χ0n) is 9.46. The third-order valence-corrected chi connectivity index (χ3v) is 2.44. The van der Waals surface area contributed by atoms with Gasteiger partial charge in [-0.2, -0.15) is 0 Å². The summed E-state index contributed by atoms with van der Waals surface area (Å²) in [5, 5.41) is 11.2. The Kier molecular flexibility index (Phi) is 3.26. The summed E-state index contributed by atoms with van der Waals surface area (Å²) in [6.07, 6.45) is 3.56. The van der Waals surface area contributed by atoms with Gasteiger partial charge in [0.25, 0.3) is 0 Å². The van der Waals surface area contributed by atoms with Crippen LogP contribution in [-0.4, -0.2) is 26.5 Å². The zero-order chi connectivity index (χ0) is 11.4. The molecule has 0 aliphatic rings. The third kappa shape index (κ3) is 2.09. The Labute approximate surface area is 94.5 Å². The molecule has 2 aromatic heterocycles. The van der Waals surface area contributed by atoms with E-state index in [2.05, 4.69) is 27.5 Å². The second kappa shape index (κ2) is 4.85. The van der Waals surface area contributed by atoms with Crippen LogP contribution in [0.25, 0.3) is 0 Å². The Balaban J connectivity index is 2.35. The topological polar surface area (TPSA) is 55.6 Å². The minimum Gasteiger partial charge on any atom is -0.304 e. The van der Waals surface area contributed by atoms with E-state index in [0.29, 0.717) is 0 Å². The molecule has 0 aliphatic heterocycles. The maximum atomic E-state index is 4.36. The average Bonchev–Trinajstić information content (AvgIpc) is 2.73. The summed E-state index contributed by atoms with van der Waals surface area (Å²) in [6.45, 7) is 2.94. The molecule has 2 rings (SSSR count). The Morgan fingerprint density at radius 3 is 2.88 bits per heavy atom. The molecule has 5 nitrogen and oxygen atoms in total. The number of hydrogen-bond acceptors (Lipinski definition) is 4. The summed E-state index contributed by atoms with van der Waals surface area (Å²) in [7, 11) is 1.88. The summed E-state index contributed by atoms with van der Waals surface area (Å²) >= 11 is 0. The van der Waals surface area contributed by atoms with Crippen LogP contribution in [0.3, 0.4) is 0 Å². The van der Waals surface area contributed by atoms with Crippen LogP contribution >= 0.6 is 0 Å². The van der Waals surface area contributed by atoms with Gasteiger partial charge < -0.3 is 5.32 Å². The molecule has 0 amide bonds. The molecule has 0 fully saturated rings. The molecule has 0 spiro atoms. The number of aromatic nitrogens is 4. The van der Waals surface area contributed by atoms with E-state index in [1.165, 1.54) is 0 Å². The lowest BCUT2D eigenvalue weighted by molar-refractivity contribution is 0.558. The second-order valence-electron chi connectivity index (χ2n) is 3.53. The van der Waals surface area contributed by atoms with Crippen molar-refractivity contribution in [1.82, 2.24) is 25.3 Å². The van der Waals surface area contributed by atoms with Crippen LogP contribution in [0.4, 0.5) is 0 Å². The lowest BCUT2D eigenvalue weighted by atomic mass is 10.1.